The van der Waals surface area contributed by atoms with Gasteiger partial charge in [0.05, 0.1) is 11.0 Å². The number of anilines is 1. The summed E-state index contributed by atoms with van der Waals surface area (Å²) in [6.07, 6.45) is 4.45. The minimum absolute atomic E-state index is 0.133. The Bertz CT molecular complexity index is 1420. The van der Waals surface area contributed by atoms with E-state index in [9.17, 15) is 22.9 Å². The SMILES string of the molecule is C=CS(=O)(=O)c1ccc(N2CC(CN3CCC(C(C#N)(c4cccc(F)c4)N(C)C(=O)OC4CCCC4)CC3)C2)cc1. The van der Waals surface area contributed by atoms with Crippen molar-refractivity contribution in [2.75, 3.05) is 44.7 Å². The summed E-state index contributed by atoms with van der Waals surface area (Å²) >= 11 is 0. The van der Waals surface area contributed by atoms with Crippen molar-refractivity contribution in [3.8, 4) is 6.07 Å². The van der Waals surface area contributed by atoms with Crippen LogP contribution in [0.3, 0.4) is 0 Å². The summed E-state index contributed by atoms with van der Waals surface area (Å²) < 4.78 is 44.2. The molecule has 2 aromatic rings. The topological polar surface area (TPSA) is 94.0 Å². The van der Waals surface area contributed by atoms with E-state index in [1.54, 1.807) is 31.3 Å². The number of carbonyl (C=O) groups is 1. The third-order valence-corrected chi connectivity index (χ3v) is 10.6. The molecule has 1 saturated carbocycles. The lowest BCUT2D eigenvalue weighted by molar-refractivity contribution is 0.0171. The van der Waals surface area contributed by atoms with Crippen molar-refractivity contribution in [2.24, 2.45) is 11.8 Å². The fraction of sp³-hybridized carbons (Fsp3) is 0.500. The lowest BCUT2D eigenvalue weighted by Gasteiger charge is -2.47. The zero-order valence-electron chi connectivity index (χ0n) is 24.1. The fourth-order valence-corrected chi connectivity index (χ4v) is 7.48. The van der Waals surface area contributed by atoms with Crippen LogP contribution in [0.4, 0.5) is 14.9 Å². The van der Waals surface area contributed by atoms with Gasteiger partial charge in [0.2, 0.25) is 0 Å². The van der Waals surface area contributed by atoms with E-state index in [2.05, 4.69) is 22.4 Å². The summed E-state index contributed by atoms with van der Waals surface area (Å²) in [6, 6.07) is 15.4. The Kier molecular flexibility index (Phi) is 8.90. The Morgan fingerprint density at radius 2 is 1.81 bits per heavy atom. The molecule has 3 fully saturated rings. The van der Waals surface area contributed by atoms with Gasteiger partial charge in [-0.15, -0.1) is 0 Å². The lowest BCUT2D eigenvalue weighted by Crippen LogP contribution is -2.56. The number of sulfone groups is 1. The van der Waals surface area contributed by atoms with Crippen molar-refractivity contribution < 1.29 is 22.3 Å². The number of rotatable bonds is 9. The average Bonchev–Trinajstić information content (AvgIpc) is 3.49. The van der Waals surface area contributed by atoms with E-state index in [-0.39, 0.29) is 16.9 Å². The van der Waals surface area contributed by atoms with Gasteiger partial charge in [-0.3, -0.25) is 4.90 Å². The molecule has 2 aromatic carbocycles. The number of hydrogen-bond acceptors (Lipinski definition) is 7. The van der Waals surface area contributed by atoms with Crippen LogP contribution in [0, 0.1) is 29.0 Å². The zero-order chi connectivity index (χ0) is 29.9. The monoisotopic (exact) mass is 594 g/mol. The molecule has 1 atom stereocenters. The highest BCUT2D eigenvalue weighted by molar-refractivity contribution is 7.94. The smallest absolute Gasteiger partial charge is 0.411 e. The predicted octanol–water partition coefficient (Wildman–Crippen LogP) is 5.32. The molecule has 0 aromatic heterocycles. The maximum absolute atomic E-state index is 14.4. The first-order chi connectivity index (χ1) is 20.2. The molecule has 1 unspecified atom stereocenters. The van der Waals surface area contributed by atoms with Crippen molar-refractivity contribution in [3.63, 3.8) is 0 Å². The molecular formula is C32H39FN4O4S. The molecule has 1 aliphatic carbocycles. The Balaban J connectivity index is 1.21. The molecule has 0 spiro atoms. The van der Waals surface area contributed by atoms with Gasteiger partial charge in [0, 0.05) is 49.6 Å². The Labute approximate surface area is 248 Å². The van der Waals surface area contributed by atoms with Crippen LogP contribution in [-0.4, -0.2) is 70.2 Å². The molecule has 8 nitrogen and oxygen atoms in total. The Hall–Kier alpha value is -3.42. The van der Waals surface area contributed by atoms with Gasteiger partial charge in [-0.05, 0) is 93.6 Å². The molecule has 5 rings (SSSR count). The molecule has 42 heavy (non-hydrogen) atoms. The summed E-state index contributed by atoms with van der Waals surface area (Å²) in [6.45, 7) is 7.62. The number of piperidine rings is 1. The van der Waals surface area contributed by atoms with Gasteiger partial charge in [-0.1, -0.05) is 18.7 Å². The van der Waals surface area contributed by atoms with Crippen LogP contribution in [0.5, 0.6) is 0 Å². The van der Waals surface area contributed by atoms with Gasteiger partial charge in [0.1, 0.15) is 11.9 Å². The van der Waals surface area contributed by atoms with Crippen LogP contribution in [0.15, 0.2) is 65.4 Å². The molecule has 2 saturated heterocycles. The first-order valence-electron chi connectivity index (χ1n) is 14.7. The third-order valence-electron chi connectivity index (χ3n) is 9.21. The van der Waals surface area contributed by atoms with E-state index >= 15 is 0 Å². The molecule has 3 aliphatic rings. The second kappa shape index (κ2) is 12.4. The van der Waals surface area contributed by atoms with Crippen LogP contribution < -0.4 is 4.90 Å². The number of hydrogen-bond donors (Lipinski definition) is 0. The van der Waals surface area contributed by atoms with Crippen molar-refractivity contribution >= 4 is 21.6 Å². The highest BCUT2D eigenvalue weighted by Gasteiger charge is 2.49. The van der Waals surface area contributed by atoms with Gasteiger partial charge in [-0.25, -0.2) is 17.6 Å². The van der Waals surface area contributed by atoms with Crippen LogP contribution >= 0.6 is 0 Å². The number of benzene rings is 2. The molecule has 1 amide bonds. The van der Waals surface area contributed by atoms with Crippen LogP contribution in [0.25, 0.3) is 0 Å². The van der Waals surface area contributed by atoms with Crippen LogP contribution in [0.1, 0.15) is 44.1 Å². The van der Waals surface area contributed by atoms with E-state index in [1.165, 1.54) is 17.0 Å². The number of nitrogens with zero attached hydrogens (tertiary/aromatic N) is 4. The number of nitriles is 1. The predicted molar refractivity (Wildman–Crippen MR) is 159 cm³/mol. The largest absolute Gasteiger partial charge is 0.446 e. The normalized spacial score (nSPS) is 20.4. The zero-order valence-corrected chi connectivity index (χ0v) is 24.9. The minimum atomic E-state index is -3.44. The lowest BCUT2D eigenvalue weighted by atomic mass is 9.73. The van der Waals surface area contributed by atoms with Crippen LogP contribution in [-0.2, 0) is 20.1 Å². The number of likely N-dealkylation sites (tertiary alicyclic amines) is 1. The van der Waals surface area contributed by atoms with E-state index in [0.29, 0.717) is 24.3 Å². The molecule has 0 bridgehead atoms. The van der Waals surface area contributed by atoms with E-state index < -0.39 is 27.3 Å². The summed E-state index contributed by atoms with van der Waals surface area (Å²) in [7, 11) is -1.83. The van der Waals surface area contributed by atoms with Crippen molar-refractivity contribution in [2.45, 2.75) is 55.1 Å². The maximum atomic E-state index is 14.4. The minimum Gasteiger partial charge on any atom is -0.446 e. The highest BCUT2D eigenvalue weighted by atomic mass is 32.2. The number of carbonyl (C=O) groups excluding carboxylic acids is 1. The molecule has 224 valence electrons. The first kappa shape index (κ1) is 30.1. The molecule has 2 aliphatic heterocycles. The summed E-state index contributed by atoms with van der Waals surface area (Å²) in [5.41, 5.74) is 0.146. The third kappa shape index (κ3) is 6.04. The maximum Gasteiger partial charge on any atom is 0.411 e. The van der Waals surface area contributed by atoms with Gasteiger partial charge in [0.25, 0.3) is 0 Å². The van der Waals surface area contributed by atoms with E-state index in [4.69, 9.17) is 4.74 Å². The Morgan fingerprint density at radius 3 is 2.40 bits per heavy atom. The Morgan fingerprint density at radius 1 is 1.14 bits per heavy atom. The summed E-state index contributed by atoms with van der Waals surface area (Å²) in [4.78, 5) is 19.6. The first-order valence-corrected chi connectivity index (χ1v) is 16.3. The van der Waals surface area contributed by atoms with Gasteiger partial charge in [0.15, 0.2) is 15.4 Å². The molecule has 0 N–H and O–H groups in total. The quantitative estimate of drug-likeness (QED) is 0.388. The van der Waals surface area contributed by atoms with Gasteiger partial charge >= 0.3 is 6.09 Å². The second-order valence-corrected chi connectivity index (χ2v) is 13.7. The van der Waals surface area contributed by atoms with Crippen molar-refractivity contribution in [1.29, 1.82) is 5.26 Å². The van der Waals surface area contributed by atoms with Gasteiger partial charge in [-0.2, -0.15) is 5.26 Å². The molecule has 0 radical (unpaired) electrons. The fourth-order valence-electron chi connectivity index (χ4n) is 6.77. The molecule has 2 heterocycles. The average molecular weight is 595 g/mol. The van der Waals surface area contributed by atoms with E-state index in [0.717, 1.165) is 69.5 Å². The number of halogens is 1. The second-order valence-electron chi connectivity index (χ2n) is 11.8. The standard InChI is InChI=1S/C32H39FN4O4S/c1-3-42(39,40)30-13-11-28(12-14-30)37-21-24(22-37)20-36-17-15-25(16-18-36)32(23-34,26-7-6-8-27(33)19-26)35(2)31(38)41-29-9-4-5-10-29/h3,6-8,11-14,19,24-25,29H,1,4-5,9-10,15-18,20-22H2,2H3. The van der Waals surface area contributed by atoms with Crippen LogP contribution in [0.2, 0.25) is 0 Å². The number of ether oxygens (including phenoxy) is 1. The van der Waals surface area contributed by atoms with Gasteiger partial charge < -0.3 is 14.5 Å². The molecular weight excluding hydrogens is 555 g/mol. The summed E-state index contributed by atoms with van der Waals surface area (Å²) in [5.74, 6) is -0.135. The van der Waals surface area contributed by atoms with Crippen molar-refractivity contribution in [3.05, 3.63) is 71.9 Å². The van der Waals surface area contributed by atoms with E-state index in [1.807, 2.05) is 12.1 Å². The van der Waals surface area contributed by atoms with Crippen molar-refractivity contribution in [1.82, 2.24) is 9.80 Å². The molecule has 10 heteroatoms. The number of amides is 1. The highest BCUT2D eigenvalue weighted by Crippen LogP contribution is 2.42. The summed E-state index contributed by atoms with van der Waals surface area (Å²) in [5, 5.41) is 11.6.